The van der Waals surface area contributed by atoms with Gasteiger partial charge in [-0.05, 0) is 39.5 Å². The fourth-order valence-electron chi connectivity index (χ4n) is 3.34. The van der Waals surface area contributed by atoms with Gasteiger partial charge in [-0.3, -0.25) is 9.48 Å². The molecule has 0 aromatic carbocycles. The van der Waals surface area contributed by atoms with Gasteiger partial charge in [-0.15, -0.1) is 0 Å². The van der Waals surface area contributed by atoms with Crippen molar-refractivity contribution in [1.82, 2.24) is 25.3 Å². The number of aromatic nitrogens is 2. The maximum atomic E-state index is 11.6. The van der Waals surface area contributed by atoms with Crippen LogP contribution in [-0.4, -0.2) is 53.2 Å². The van der Waals surface area contributed by atoms with E-state index in [9.17, 15) is 4.79 Å². The predicted octanol–water partition coefficient (Wildman–Crippen LogP) is 1.35. The number of nitrogens with one attached hydrogen (secondary N) is 2. The van der Waals surface area contributed by atoms with E-state index in [1.54, 1.807) is 7.05 Å². The van der Waals surface area contributed by atoms with E-state index >= 15 is 0 Å². The van der Waals surface area contributed by atoms with E-state index in [1.807, 2.05) is 18.7 Å². The first-order chi connectivity index (χ1) is 12.0. The number of nitrogens with zero attached hydrogens (tertiary/aromatic N) is 4. The minimum Gasteiger partial charge on any atom is -0.359 e. The third-order valence-electron chi connectivity index (χ3n) is 5.05. The van der Waals surface area contributed by atoms with Gasteiger partial charge in [-0.25, -0.2) is 4.99 Å². The quantitative estimate of drug-likeness (QED) is 0.622. The standard InChI is InChI=1S/C18H32N6O/c1-6-20-18(21-12-16-13(2)22-23(5)14(16)3)24-9-7-15(8-10-24)11-17(25)19-4/h15H,6-12H2,1-5H3,(H,19,25)(H,20,21). The lowest BCUT2D eigenvalue weighted by molar-refractivity contribution is -0.121. The molecule has 1 fully saturated rings. The molecule has 0 saturated carbocycles. The lowest BCUT2D eigenvalue weighted by Gasteiger charge is -2.34. The summed E-state index contributed by atoms with van der Waals surface area (Å²) >= 11 is 0. The number of carbonyl (C=O) groups is 1. The number of likely N-dealkylation sites (tertiary alicyclic amines) is 1. The molecule has 0 bridgehead atoms. The van der Waals surface area contributed by atoms with Gasteiger partial charge in [-0.2, -0.15) is 5.10 Å². The zero-order chi connectivity index (χ0) is 18.4. The van der Waals surface area contributed by atoms with Crippen molar-refractivity contribution in [3.8, 4) is 0 Å². The van der Waals surface area contributed by atoms with Crippen LogP contribution in [0.5, 0.6) is 0 Å². The SMILES string of the molecule is CCNC(=NCc1c(C)nn(C)c1C)N1CCC(CC(=O)NC)CC1. The molecule has 1 aromatic heterocycles. The highest BCUT2D eigenvalue weighted by atomic mass is 16.1. The molecule has 7 nitrogen and oxygen atoms in total. The summed E-state index contributed by atoms with van der Waals surface area (Å²) in [7, 11) is 3.67. The first kappa shape index (κ1) is 19.3. The summed E-state index contributed by atoms with van der Waals surface area (Å²) in [4.78, 5) is 18.7. The second-order valence-electron chi connectivity index (χ2n) is 6.75. The van der Waals surface area contributed by atoms with Crippen LogP contribution in [0.3, 0.4) is 0 Å². The first-order valence-corrected chi connectivity index (χ1v) is 9.19. The number of aryl methyl sites for hydroxylation is 2. The van der Waals surface area contributed by atoms with Crippen molar-refractivity contribution in [3.63, 3.8) is 0 Å². The lowest BCUT2D eigenvalue weighted by Crippen LogP contribution is -2.46. The van der Waals surface area contributed by atoms with Gasteiger partial charge in [0.25, 0.3) is 0 Å². The topological polar surface area (TPSA) is 74.5 Å². The normalized spacial score (nSPS) is 16.2. The Labute approximate surface area is 150 Å². The van der Waals surface area contributed by atoms with E-state index in [0.717, 1.165) is 44.1 Å². The molecule has 1 saturated heterocycles. The largest absolute Gasteiger partial charge is 0.359 e. The average Bonchev–Trinajstić information content (AvgIpc) is 2.84. The highest BCUT2D eigenvalue weighted by Gasteiger charge is 2.23. The number of guanidine groups is 1. The number of aliphatic imine (C=N–C) groups is 1. The molecule has 1 aliphatic heterocycles. The van der Waals surface area contributed by atoms with Crippen molar-refractivity contribution in [2.75, 3.05) is 26.7 Å². The predicted molar refractivity (Wildman–Crippen MR) is 100 cm³/mol. The zero-order valence-electron chi connectivity index (χ0n) is 16.2. The van der Waals surface area contributed by atoms with Crippen molar-refractivity contribution >= 4 is 11.9 Å². The van der Waals surface area contributed by atoms with E-state index in [-0.39, 0.29) is 5.91 Å². The Hall–Kier alpha value is -2.05. The molecule has 0 atom stereocenters. The van der Waals surface area contributed by atoms with Gasteiger partial charge in [0, 0.05) is 51.4 Å². The summed E-state index contributed by atoms with van der Waals surface area (Å²) in [5, 5.41) is 10.6. The second-order valence-corrected chi connectivity index (χ2v) is 6.75. The summed E-state index contributed by atoms with van der Waals surface area (Å²) < 4.78 is 1.91. The van der Waals surface area contributed by atoms with Crippen molar-refractivity contribution in [2.24, 2.45) is 18.0 Å². The highest BCUT2D eigenvalue weighted by Crippen LogP contribution is 2.21. The summed E-state index contributed by atoms with van der Waals surface area (Å²) in [5.41, 5.74) is 3.41. The molecule has 0 unspecified atom stereocenters. The van der Waals surface area contributed by atoms with Gasteiger partial charge in [0.05, 0.1) is 12.2 Å². The molecule has 2 rings (SSSR count). The third-order valence-corrected chi connectivity index (χ3v) is 5.05. The fourth-order valence-corrected chi connectivity index (χ4v) is 3.34. The summed E-state index contributed by atoms with van der Waals surface area (Å²) in [6, 6.07) is 0. The van der Waals surface area contributed by atoms with Crippen molar-refractivity contribution in [2.45, 2.75) is 46.6 Å². The molecule has 1 amide bonds. The molecular weight excluding hydrogens is 316 g/mol. The minimum absolute atomic E-state index is 0.140. The zero-order valence-corrected chi connectivity index (χ0v) is 16.2. The van der Waals surface area contributed by atoms with Gasteiger partial charge < -0.3 is 15.5 Å². The van der Waals surface area contributed by atoms with Crippen molar-refractivity contribution in [1.29, 1.82) is 0 Å². The summed E-state index contributed by atoms with van der Waals surface area (Å²) in [6.07, 6.45) is 2.69. The number of carbonyl (C=O) groups excluding carboxylic acids is 1. The number of amides is 1. The molecule has 7 heteroatoms. The average molecular weight is 348 g/mol. The van der Waals surface area contributed by atoms with Crippen LogP contribution >= 0.6 is 0 Å². The van der Waals surface area contributed by atoms with Crippen LogP contribution in [0.2, 0.25) is 0 Å². The molecular formula is C18H32N6O. The van der Waals surface area contributed by atoms with Crippen molar-refractivity contribution < 1.29 is 4.79 Å². The van der Waals surface area contributed by atoms with Gasteiger partial charge in [0.1, 0.15) is 0 Å². The summed E-state index contributed by atoms with van der Waals surface area (Å²) in [5.74, 6) is 1.58. The Morgan fingerprint density at radius 2 is 2.00 bits per heavy atom. The molecule has 2 N–H and O–H groups in total. The smallest absolute Gasteiger partial charge is 0.220 e. The van der Waals surface area contributed by atoms with E-state index in [2.05, 4.69) is 34.5 Å². The van der Waals surface area contributed by atoms with E-state index < -0.39 is 0 Å². The number of rotatable bonds is 5. The highest BCUT2D eigenvalue weighted by molar-refractivity contribution is 5.80. The van der Waals surface area contributed by atoms with Gasteiger partial charge >= 0.3 is 0 Å². The Morgan fingerprint density at radius 1 is 1.32 bits per heavy atom. The Kier molecular flexibility index (Phi) is 6.84. The molecule has 140 valence electrons. The molecule has 0 radical (unpaired) electrons. The van der Waals surface area contributed by atoms with Crippen LogP contribution in [0.4, 0.5) is 0 Å². The monoisotopic (exact) mass is 348 g/mol. The van der Waals surface area contributed by atoms with Crippen LogP contribution < -0.4 is 10.6 Å². The summed E-state index contributed by atoms with van der Waals surface area (Å²) in [6.45, 7) is 9.59. The van der Waals surface area contributed by atoms with Crippen LogP contribution in [0, 0.1) is 19.8 Å². The molecule has 1 aliphatic rings. The second kappa shape index (κ2) is 8.87. The first-order valence-electron chi connectivity index (χ1n) is 9.19. The number of piperidine rings is 1. The Bertz CT molecular complexity index is 613. The minimum atomic E-state index is 0.140. The maximum Gasteiger partial charge on any atom is 0.220 e. The molecule has 0 aliphatic carbocycles. The van der Waals surface area contributed by atoms with Crippen LogP contribution in [0.25, 0.3) is 0 Å². The number of hydrogen-bond acceptors (Lipinski definition) is 3. The van der Waals surface area contributed by atoms with Gasteiger partial charge in [0.15, 0.2) is 5.96 Å². The van der Waals surface area contributed by atoms with E-state index in [4.69, 9.17) is 4.99 Å². The lowest BCUT2D eigenvalue weighted by atomic mass is 9.93. The van der Waals surface area contributed by atoms with Gasteiger partial charge in [-0.1, -0.05) is 0 Å². The van der Waals surface area contributed by atoms with Crippen LogP contribution in [-0.2, 0) is 18.4 Å². The van der Waals surface area contributed by atoms with E-state index in [0.29, 0.717) is 18.9 Å². The van der Waals surface area contributed by atoms with Crippen LogP contribution in [0.15, 0.2) is 4.99 Å². The molecule has 2 heterocycles. The van der Waals surface area contributed by atoms with Gasteiger partial charge in [0.2, 0.25) is 5.91 Å². The molecule has 25 heavy (non-hydrogen) atoms. The molecule has 0 spiro atoms. The Balaban J connectivity index is 2.00. The fraction of sp³-hybridized carbons (Fsp3) is 0.722. The molecule has 1 aromatic rings. The number of hydrogen-bond donors (Lipinski definition) is 2. The van der Waals surface area contributed by atoms with E-state index in [1.165, 1.54) is 11.3 Å². The Morgan fingerprint density at radius 3 is 2.52 bits per heavy atom. The third kappa shape index (κ3) is 4.96. The maximum absolute atomic E-state index is 11.6. The van der Waals surface area contributed by atoms with Crippen LogP contribution in [0.1, 0.15) is 43.1 Å². The van der Waals surface area contributed by atoms with Crippen molar-refractivity contribution in [3.05, 3.63) is 17.0 Å².